The van der Waals surface area contributed by atoms with Gasteiger partial charge in [0.15, 0.2) is 0 Å². The number of nitrogens with two attached hydrogens (primary N) is 1. The standard InChI is InChI=1S/C13H15N3O3S/c14-11(5-8-1-3-10(17)4-2-8)12(18)15-6-9-7-20-13(19)16-9/h1-4,7,11,17H,5-6,14H2,(H,15,18)(H,16,19)/t11-/m1/s1. The number of amides is 1. The molecule has 1 atom stereocenters. The molecule has 0 spiro atoms. The van der Waals surface area contributed by atoms with Gasteiger partial charge in [0.05, 0.1) is 12.6 Å². The summed E-state index contributed by atoms with van der Waals surface area (Å²) in [4.78, 5) is 25.2. The van der Waals surface area contributed by atoms with E-state index in [1.54, 1.807) is 29.6 Å². The molecule has 0 aliphatic carbocycles. The van der Waals surface area contributed by atoms with Crippen LogP contribution in [0, 0.1) is 0 Å². The number of aromatic nitrogens is 1. The van der Waals surface area contributed by atoms with Gasteiger partial charge in [0.2, 0.25) is 5.91 Å². The number of benzene rings is 1. The maximum atomic E-state index is 11.8. The van der Waals surface area contributed by atoms with Crippen molar-refractivity contribution in [3.05, 3.63) is 50.6 Å². The van der Waals surface area contributed by atoms with E-state index in [1.165, 1.54) is 0 Å². The molecule has 2 aromatic rings. The second-order valence-corrected chi connectivity index (χ2v) is 5.21. The molecule has 1 aromatic carbocycles. The zero-order valence-electron chi connectivity index (χ0n) is 10.6. The lowest BCUT2D eigenvalue weighted by molar-refractivity contribution is -0.122. The summed E-state index contributed by atoms with van der Waals surface area (Å²) < 4.78 is 0. The number of nitrogens with one attached hydrogen (secondary N) is 2. The van der Waals surface area contributed by atoms with E-state index < -0.39 is 6.04 Å². The molecule has 6 nitrogen and oxygen atoms in total. The summed E-state index contributed by atoms with van der Waals surface area (Å²) in [5.41, 5.74) is 7.34. The van der Waals surface area contributed by atoms with Crippen LogP contribution in [0.2, 0.25) is 0 Å². The van der Waals surface area contributed by atoms with E-state index in [4.69, 9.17) is 5.73 Å². The molecule has 20 heavy (non-hydrogen) atoms. The number of thiazole rings is 1. The fraction of sp³-hybridized carbons (Fsp3) is 0.231. The van der Waals surface area contributed by atoms with Crippen LogP contribution >= 0.6 is 11.3 Å². The van der Waals surface area contributed by atoms with Crippen LogP contribution in [-0.4, -0.2) is 22.0 Å². The van der Waals surface area contributed by atoms with E-state index in [0.717, 1.165) is 16.9 Å². The highest BCUT2D eigenvalue weighted by Gasteiger charge is 2.14. The Kier molecular flexibility index (Phi) is 4.54. The Bertz CT molecular complexity index is 633. The van der Waals surface area contributed by atoms with Crippen LogP contribution in [0.15, 0.2) is 34.4 Å². The lowest BCUT2D eigenvalue weighted by atomic mass is 10.1. The van der Waals surface area contributed by atoms with Gasteiger partial charge in [-0.05, 0) is 24.1 Å². The molecule has 0 aliphatic heterocycles. The fourth-order valence-corrected chi connectivity index (χ4v) is 2.27. The van der Waals surface area contributed by atoms with Crippen molar-refractivity contribution in [2.45, 2.75) is 19.0 Å². The minimum absolute atomic E-state index is 0.150. The molecule has 5 N–H and O–H groups in total. The van der Waals surface area contributed by atoms with E-state index in [1.807, 2.05) is 0 Å². The van der Waals surface area contributed by atoms with Crippen molar-refractivity contribution in [1.82, 2.24) is 10.3 Å². The van der Waals surface area contributed by atoms with E-state index >= 15 is 0 Å². The van der Waals surface area contributed by atoms with Crippen molar-refractivity contribution in [2.24, 2.45) is 5.73 Å². The summed E-state index contributed by atoms with van der Waals surface area (Å²) in [7, 11) is 0. The van der Waals surface area contributed by atoms with Crippen LogP contribution in [0.4, 0.5) is 0 Å². The SMILES string of the molecule is N[C@H](Cc1ccc(O)cc1)C(=O)NCc1csc(=O)[nH]1. The van der Waals surface area contributed by atoms with Crippen molar-refractivity contribution < 1.29 is 9.90 Å². The molecule has 1 aromatic heterocycles. The van der Waals surface area contributed by atoms with Gasteiger partial charge in [0.25, 0.3) is 0 Å². The van der Waals surface area contributed by atoms with Gasteiger partial charge in [-0.1, -0.05) is 23.5 Å². The van der Waals surface area contributed by atoms with Crippen LogP contribution in [0.1, 0.15) is 11.3 Å². The molecule has 0 saturated carbocycles. The highest BCUT2D eigenvalue weighted by Crippen LogP contribution is 2.10. The van der Waals surface area contributed by atoms with Gasteiger partial charge in [-0.2, -0.15) is 0 Å². The van der Waals surface area contributed by atoms with E-state index in [2.05, 4.69) is 10.3 Å². The van der Waals surface area contributed by atoms with Crippen molar-refractivity contribution in [1.29, 1.82) is 0 Å². The maximum Gasteiger partial charge on any atom is 0.304 e. The third-order valence-corrected chi connectivity index (χ3v) is 3.47. The third kappa shape index (κ3) is 3.94. The predicted octanol–water partition coefficient (Wildman–Crippen LogP) is 0.328. The van der Waals surface area contributed by atoms with Gasteiger partial charge < -0.3 is 21.1 Å². The quantitative estimate of drug-likeness (QED) is 0.637. The lowest BCUT2D eigenvalue weighted by Crippen LogP contribution is -2.41. The number of carbonyl (C=O) groups is 1. The van der Waals surface area contributed by atoms with Crippen LogP contribution in [0.3, 0.4) is 0 Å². The molecule has 7 heteroatoms. The Morgan fingerprint density at radius 1 is 1.40 bits per heavy atom. The van der Waals surface area contributed by atoms with Gasteiger partial charge in [-0.3, -0.25) is 9.59 Å². The zero-order chi connectivity index (χ0) is 14.5. The number of hydrogen-bond donors (Lipinski definition) is 4. The number of hydrogen-bond acceptors (Lipinski definition) is 5. The first-order valence-electron chi connectivity index (χ1n) is 6.02. The highest BCUT2D eigenvalue weighted by atomic mass is 32.1. The molecule has 0 radical (unpaired) electrons. The van der Waals surface area contributed by atoms with Crippen LogP contribution in [0.25, 0.3) is 0 Å². The predicted molar refractivity (Wildman–Crippen MR) is 76.6 cm³/mol. The molecule has 0 fully saturated rings. The molecule has 106 valence electrons. The normalized spacial score (nSPS) is 12.1. The molecule has 0 unspecified atom stereocenters. The van der Waals surface area contributed by atoms with Gasteiger partial charge in [-0.25, -0.2) is 0 Å². The summed E-state index contributed by atoms with van der Waals surface area (Å²) in [6, 6.07) is 5.87. The molecular weight excluding hydrogens is 278 g/mol. The topological polar surface area (TPSA) is 108 Å². The smallest absolute Gasteiger partial charge is 0.304 e. The zero-order valence-corrected chi connectivity index (χ0v) is 11.4. The molecule has 0 saturated heterocycles. The largest absolute Gasteiger partial charge is 0.508 e. The first-order chi connectivity index (χ1) is 9.54. The average molecular weight is 293 g/mol. The summed E-state index contributed by atoms with van der Waals surface area (Å²) in [6.45, 7) is 0.251. The molecule has 1 heterocycles. The number of phenolic OH excluding ortho intramolecular Hbond substituents is 1. The molecule has 2 rings (SSSR count). The van der Waals surface area contributed by atoms with Gasteiger partial charge >= 0.3 is 4.87 Å². The first kappa shape index (κ1) is 14.3. The second kappa shape index (κ2) is 6.36. The van der Waals surface area contributed by atoms with Crippen LogP contribution in [0.5, 0.6) is 5.75 Å². The van der Waals surface area contributed by atoms with Crippen molar-refractivity contribution in [3.63, 3.8) is 0 Å². The van der Waals surface area contributed by atoms with Gasteiger partial charge in [0, 0.05) is 11.1 Å². The van der Waals surface area contributed by atoms with Crippen LogP contribution in [-0.2, 0) is 17.8 Å². The maximum absolute atomic E-state index is 11.8. The first-order valence-corrected chi connectivity index (χ1v) is 6.90. The third-order valence-electron chi connectivity index (χ3n) is 2.75. The second-order valence-electron chi connectivity index (χ2n) is 4.37. The Balaban J connectivity index is 1.85. The Morgan fingerprint density at radius 3 is 2.70 bits per heavy atom. The Labute approximate surface area is 119 Å². The highest BCUT2D eigenvalue weighted by molar-refractivity contribution is 7.07. The fourth-order valence-electron chi connectivity index (χ4n) is 1.69. The summed E-state index contributed by atoms with van der Waals surface area (Å²) in [6.07, 6.45) is 0.381. The average Bonchev–Trinajstić information content (AvgIpc) is 2.84. The number of H-pyrrole nitrogens is 1. The lowest BCUT2D eigenvalue weighted by Gasteiger charge is -2.11. The molecule has 0 bridgehead atoms. The number of carbonyl (C=O) groups excluding carboxylic acids is 1. The van der Waals surface area contributed by atoms with E-state index in [-0.39, 0.29) is 23.1 Å². The molecule has 1 amide bonds. The summed E-state index contributed by atoms with van der Waals surface area (Å²) >= 11 is 1.05. The number of rotatable bonds is 5. The summed E-state index contributed by atoms with van der Waals surface area (Å²) in [5, 5.41) is 13.5. The monoisotopic (exact) mass is 293 g/mol. The van der Waals surface area contributed by atoms with Gasteiger partial charge in [0.1, 0.15) is 5.75 Å². The molecule has 0 aliphatic rings. The van der Waals surface area contributed by atoms with E-state index in [9.17, 15) is 14.7 Å². The Morgan fingerprint density at radius 2 is 2.10 bits per heavy atom. The Hall–Kier alpha value is -2.12. The summed E-state index contributed by atoms with van der Waals surface area (Å²) in [5.74, 6) is -0.113. The van der Waals surface area contributed by atoms with Crippen molar-refractivity contribution in [3.8, 4) is 5.75 Å². The van der Waals surface area contributed by atoms with Crippen molar-refractivity contribution in [2.75, 3.05) is 0 Å². The van der Waals surface area contributed by atoms with Crippen LogP contribution < -0.4 is 15.9 Å². The number of aromatic amines is 1. The van der Waals surface area contributed by atoms with Gasteiger partial charge in [-0.15, -0.1) is 0 Å². The minimum atomic E-state index is -0.676. The minimum Gasteiger partial charge on any atom is -0.508 e. The number of aromatic hydroxyl groups is 1. The molecular formula is C13H15N3O3S. The number of phenols is 1. The van der Waals surface area contributed by atoms with E-state index in [0.29, 0.717) is 12.1 Å². The van der Waals surface area contributed by atoms with Crippen molar-refractivity contribution >= 4 is 17.2 Å².